The molecule has 2 heteroatoms. The van der Waals surface area contributed by atoms with Crippen LogP contribution in [0.4, 0.5) is 0 Å². The van der Waals surface area contributed by atoms with Gasteiger partial charge in [0.15, 0.2) is 0 Å². The zero-order valence-corrected chi connectivity index (χ0v) is 6.76. The molecule has 1 saturated heterocycles. The highest BCUT2D eigenvalue weighted by Crippen LogP contribution is 2.08. The summed E-state index contributed by atoms with van der Waals surface area (Å²) in [5.41, 5.74) is 1.15. The molecule has 1 rings (SSSR count). The second kappa shape index (κ2) is 3.06. The third-order valence-electron chi connectivity index (χ3n) is 1.78. The predicted octanol–water partition coefficient (Wildman–Crippen LogP) is 1.24. The third-order valence-corrected chi connectivity index (χ3v) is 1.78. The summed E-state index contributed by atoms with van der Waals surface area (Å²) in [6, 6.07) is 0. The molecule has 58 valence electrons. The standard InChI is InChI=1S/C8H15NO/c1-7(2)9-4-5-10-8(3)6-9/h8H,1,4-6H2,2-3H3/t8-/m0/s1. The lowest BCUT2D eigenvalue weighted by Crippen LogP contribution is -2.39. The van der Waals surface area contributed by atoms with Crippen molar-refractivity contribution in [2.45, 2.75) is 20.0 Å². The Morgan fingerprint density at radius 2 is 2.40 bits per heavy atom. The van der Waals surface area contributed by atoms with Gasteiger partial charge in [0.25, 0.3) is 0 Å². The minimum Gasteiger partial charge on any atom is -0.375 e. The SMILES string of the molecule is C=C(C)N1CCO[C@@H](C)C1. The molecular formula is C8H15NO. The second-order valence-electron chi connectivity index (χ2n) is 2.86. The maximum atomic E-state index is 5.38. The van der Waals surface area contributed by atoms with Crippen LogP contribution in [0, 0.1) is 0 Å². The van der Waals surface area contributed by atoms with E-state index in [4.69, 9.17) is 4.74 Å². The van der Waals surface area contributed by atoms with Crippen LogP contribution in [0.3, 0.4) is 0 Å². The summed E-state index contributed by atoms with van der Waals surface area (Å²) in [7, 11) is 0. The summed E-state index contributed by atoms with van der Waals surface area (Å²) < 4.78 is 5.38. The van der Waals surface area contributed by atoms with Gasteiger partial charge in [-0.1, -0.05) is 6.58 Å². The fraction of sp³-hybridized carbons (Fsp3) is 0.750. The number of allylic oxidation sites excluding steroid dienone is 1. The lowest BCUT2D eigenvalue weighted by Gasteiger charge is -2.32. The van der Waals surface area contributed by atoms with Crippen LogP contribution in [-0.4, -0.2) is 30.7 Å². The van der Waals surface area contributed by atoms with E-state index in [2.05, 4.69) is 18.4 Å². The normalized spacial score (nSPS) is 26.6. The summed E-state index contributed by atoms with van der Waals surface area (Å²) in [5, 5.41) is 0. The first kappa shape index (κ1) is 7.61. The monoisotopic (exact) mass is 141 g/mol. The van der Waals surface area contributed by atoms with E-state index >= 15 is 0 Å². The van der Waals surface area contributed by atoms with Gasteiger partial charge in [0.1, 0.15) is 0 Å². The maximum absolute atomic E-state index is 5.38. The van der Waals surface area contributed by atoms with Gasteiger partial charge in [0.2, 0.25) is 0 Å². The quantitative estimate of drug-likeness (QED) is 0.544. The van der Waals surface area contributed by atoms with E-state index in [1.807, 2.05) is 6.92 Å². The fourth-order valence-electron chi connectivity index (χ4n) is 1.17. The third kappa shape index (κ3) is 1.74. The lowest BCUT2D eigenvalue weighted by molar-refractivity contribution is -0.00555. The minimum atomic E-state index is 0.366. The lowest BCUT2D eigenvalue weighted by atomic mass is 10.3. The Balaban J connectivity index is 2.39. The van der Waals surface area contributed by atoms with Crippen molar-refractivity contribution in [1.82, 2.24) is 4.90 Å². The molecule has 10 heavy (non-hydrogen) atoms. The van der Waals surface area contributed by atoms with Crippen molar-refractivity contribution in [2.75, 3.05) is 19.7 Å². The molecule has 0 aliphatic carbocycles. The van der Waals surface area contributed by atoms with Crippen LogP contribution in [-0.2, 0) is 4.74 Å². The van der Waals surface area contributed by atoms with Crippen molar-refractivity contribution in [1.29, 1.82) is 0 Å². The van der Waals surface area contributed by atoms with Gasteiger partial charge in [-0.3, -0.25) is 0 Å². The fourth-order valence-corrected chi connectivity index (χ4v) is 1.17. The van der Waals surface area contributed by atoms with Crippen molar-refractivity contribution < 1.29 is 4.74 Å². The maximum Gasteiger partial charge on any atom is 0.0722 e. The number of hydrogen-bond acceptors (Lipinski definition) is 2. The summed E-state index contributed by atoms with van der Waals surface area (Å²) in [5.74, 6) is 0. The van der Waals surface area contributed by atoms with E-state index in [1.165, 1.54) is 0 Å². The first-order valence-electron chi connectivity index (χ1n) is 3.72. The Hall–Kier alpha value is -0.500. The summed E-state index contributed by atoms with van der Waals surface area (Å²) >= 11 is 0. The van der Waals surface area contributed by atoms with Crippen LogP contribution >= 0.6 is 0 Å². The number of hydrogen-bond donors (Lipinski definition) is 0. The number of morpholine rings is 1. The molecule has 0 amide bonds. The smallest absolute Gasteiger partial charge is 0.0722 e. The van der Waals surface area contributed by atoms with Crippen molar-refractivity contribution in [3.63, 3.8) is 0 Å². The largest absolute Gasteiger partial charge is 0.375 e. The second-order valence-corrected chi connectivity index (χ2v) is 2.86. The van der Waals surface area contributed by atoms with Crippen molar-refractivity contribution in [3.8, 4) is 0 Å². The molecule has 0 aromatic heterocycles. The molecule has 1 atom stereocenters. The average Bonchev–Trinajstić information content (AvgIpc) is 1.88. The van der Waals surface area contributed by atoms with Gasteiger partial charge < -0.3 is 9.64 Å². The van der Waals surface area contributed by atoms with Gasteiger partial charge >= 0.3 is 0 Å². The van der Waals surface area contributed by atoms with Gasteiger partial charge in [0, 0.05) is 18.8 Å². The molecule has 1 aliphatic rings. The van der Waals surface area contributed by atoms with Crippen molar-refractivity contribution in [3.05, 3.63) is 12.3 Å². The van der Waals surface area contributed by atoms with Crippen LogP contribution in [0.15, 0.2) is 12.3 Å². The average molecular weight is 141 g/mol. The molecule has 0 saturated carbocycles. The van der Waals surface area contributed by atoms with Crippen molar-refractivity contribution in [2.24, 2.45) is 0 Å². The molecule has 2 nitrogen and oxygen atoms in total. The van der Waals surface area contributed by atoms with Gasteiger partial charge in [-0.25, -0.2) is 0 Å². The van der Waals surface area contributed by atoms with E-state index in [9.17, 15) is 0 Å². The number of ether oxygens (including phenoxy) is 1. The highest BCUT2D eigenvalue weighted by Gasteiger charge is 2.14. The Labute approximate surface area is 62.5 Å². The molecule has 0 aromatic rings. The van der Waals surface area contributed by atoms with E-state index in [-0.39, 0.29) is 0 Å². The van der Waals surface area contributed by atoms with Crippen molar-refractivity contribution >= 4 is 0 Å². The van der Waals surface area contributed by atoms with Gasteiger partial charge in [-0.2, -0.15) is 0 Å². The topological polar surface area (TPSA) is 12.5 Å². The summed E-state index contributed by atoms with van der Waals surface area (Å²) in [6.07, 6.45) is 0.366. The molecule has 0 bridgehead atoms. The number of nitrogens with zero attached hydrogens (tertiary/aromatic N) is 1. The first-order valence-corrected chi connectivity index (χ1v) is 3.72. The van der Waals surface area contributed by atoms with Crippen LogP contribution in [0.1, 0.15) is 13.8 Å². The minimum absolute atomic E-state index is 0.366. The first-order chi connectivity index (χ1) is 4.70. The molecule has 1 fully saturated rings. The summed E-state index contributed by atoms with van der Waals surface area (Å²) in [4.78, 5) is 2.26. The van der Waals surface area contributed by atoms with Crippen LogP contribution in [0.5, 0.6) is 0 Å². The molecule has 0 unspecified atom stereocenters. The Kier molecular flexibility index (Phi) is 2.33. The highest BCUT2D eigenvalue weighted by atomic mass is 16.5. The molecular weight excluding hydrogens is 126 g/mol. The summed E-state index contributed by atoms with van der Waals surface area (Å²) in [6.45, 7) is 10.9. The zero-order chi connectivity index (χ0) is 7.56. The van der Waals surface area contributed by atoms with E-state index in [0.29, 0.717) is 6.10 Å². The molecule has 0 N–H and O–H groups in total. The van der Waals surface area contributed by atoms with Gasteiger partial charge in [-0.15, -0.1) is 0 Å². The molecule has 0 radical (unpaired) electrons. The molecule has 0 spiro atoms. The highest BCUT2D eigenvalue weighted by molar-refractivity contribution is 4.90. The predicted molar refractivity (Wildman–Crippen MR) is 41.8 cm³/mol. The van der Waals surface area contributed by atoms with Crippen LogP contribution in [0.2, 0.25) is 0 Å². The van der Waals surface area contributed by atoms with E-state index in [1.54, 1.807) is 0 Å². The van der Waals surface area contributed by atoms with Gasteiger partial charge in [0.05, 0.1) is 12.7 Å². The Morgan fingerprint density at radius 1 is 1.70 bits per heavy atom. The molecule has 1 aliphatic heterocycles. The van der Waals surface area contributed by atoms with Crippen LogP contribution < -0.4 is 0 Å². The van der Waals surface area contributed by atoms with E-state index in [0.717, 1.165) is 25.4 Å². The van der Waals surface area contributed by atoms with Gasteiger partial charge in [-0.05, 0) is 13.8 Å². The Bertz CT molecular complexity index is 133. The number of rotatable bonds is 1. The Morgan fingerprint density at radius 3 is 2.80 bits per heavy atom. The van der Waals surface area contributed by atoms with Crippen LogP contribution in [0.25, 0.3) is 0 Å². The van der Waals surface area contributed by atoms with E-state index < -0.39 is 0 Å². The zero-order valence-electron chi connectivity index (χ0n) is 6.76. The molecule has 1 heterocycles. The molecule has 0 aromatic carbocycles.